The molecule has 6 nitrogen and oxygen atoms in total. The van der Waals surface area contributed by atoms with Crippen LogP contribution in [0.5, 0.6) is 5.75 Å². The van der Waals surface area contributed by atoms with Crippen LogP contribution in [0.1, 0.15) is 22.5 Å². The van der Waals surface area contributed by atoms with Crippen molar-refractivity contribution in [1.82, 2.24) is 9.78 Å². The van der Waals surface area contributed by atoms with Crippen LogP contribution in [-0.2, 0) is 6.42 Å². The second-order valence-electron chi connectivity index (χ2n) is 4.40. The molecule has 2 rings (SSSR count). The Morgan fingerprint density at radius 2 is 2.24 bits per heavy atom. The van der Waals surface area contributed by atoms with Gasteiger partial charge in [0.15, 0.2) is 5.69 Å². The number of aromatic carboxylic acids is 1. The lowest BCUT2D eigenvalue weighted by atomic mass is 10.1. The molecule has 0 bridgehead atoms. The van der Waals surface area contributed by atoms with Gasteiger partial charge < -0.3 is 14.9 Å². The van der Waals surface area contributed by atoms with Crippen LogP contribution >= 0.6 is 11.6 Å². The zero-order valence-electron chi connectivity index (χ0n) is 11.4. The number of carboxylic acids is 1. The number of aliphatic hydroxyl groups excluding tert-OH is 1. The molecule has 0 atom stereocenters. The normalized spacial score (nSPS) is 10.6. The lowest BCUT2D eigenvalue weighted by Crippen LogP contribution is -2.03. The number of aliphatic hydroxyl groups is 1. The lowest BCUT2D eigenvalue weighted by molar-refractivity contribution is 0.0688. The number of ether oxygens (including phenoxy) is 1. The summed E-state index contributed by atoms with van der Waals surface area (Å²) in [4.78, 5) is 11.2. The smallest absolute Gasteiger partial charge is 0.356 e. The minimum Gasteiger partial charge on any atom is -0.497 e. The molecule has 0 saturated heterocycles. The summed E-state index contributed by atoms with van der Waals surface area (Å²) in [5, 5.41) is 22.6. The van der Waals surface area contributed by atoms with E-state index >= 15 is 0 Å². The fourth-order valence-corrected chi connectivity index (χ4v) is 2.16. The highest BCUT2D eigenvalue weighted by Gasteiger charge is 2.17. The summed E-state index contributed by atoms with van der Waals surface area (Å²) in [5.74, 6) is -0.514. The van der Waals surface area contributed by atoms with Gasteiger partial charge >= 0.3 is 5.97 Å². The Morgan fingerprint density at radius 1 is 1.48 bits per heavy atom. The first-order valence-corrected chi connectivity index (χ1v) is 6.71. The fourth-order valence-electron chi connectivity index (χ4n) is 1.96. The predicted octanol–water partition coefficient (Wildman–Crippen LogP) is 2.16. The molecular weight excluding hydrogens is 296 g/mol. The number of nitrogens with zero attached hydrogens (tertiary/aromatic N) is 2. The molecule has 0 aliphatic rings. The first-order valence-electron chi connectivity index (χ1n) is 6.33. The van der Waals surface area contributed by atoms with E-state index in [0.29, 0.717) is 34.9 Å². The van der Waals surface area contributed by atoms with Gasteiger partial charge in [-0.2, -0.15) is 5.10 Å². The van der Waals surface area contributed by atoms with E-state index in [9.17, 15) is 9.90 Å². The molecule has 0 aliphatic carbocycles. The number of carboxylic acid groups (broad SMARTS) is 1. The van der Waals surface area contributed by atoms with Crippen LogP contribution < -0.4 is 4.74 Å². The topological polar surface area (TPSA) is 84.6 Å². The predicted molar refractivity (Wildman–Crippen MR) is 77.5 cm³/mol. The standard InChI is InChI=1S/C14H15ClN2O4/c1-21-10-4-5-11(15)12(7-10)17-8-9(3-2-6-18)13(16-17)14(19)20/h4-5,7-8,18H,2-3,6H2,1H3,(H,19,20). The van der Waals surface area contributed by atoms with Gasteiger partial charge in [0.1, 0.15) is 5.75 Å². The first-order chi connectivity index (χ1) is 10.1. The van der Waals surface area contributed by atoms with Gasteiger partial charge in [-0.3, -0.25) is 0 Å². The molecule has 0 aliphatic heterocycles. The van der Waals surface area contributed by atoms with E-state index in [1.165, 1.54) is 11.8 Å². The largest absolute Gasteiger partial charge is 0.497 e. The number of benzene rings is 1. The van der Waals surface area contributed by atoms with Crippen molar-refractivity contribution in [3.63, 3.8) is 0 Å². The van der Waals surface area contributed by atoms with Gasteiger partial charge in [-0.25, -0.2) is 9.48 Å². The van der Waals surface area contributed by atoms with Crippen LogP contribution in [0.3, 0.4) is 0 Å². The highest BCUT2D eigenvalue weighted by atomic mass is 35.5. The Hall–Kier alpha value is -2.05. The van der Waals surface area contributed by atoms with Gasteiger partial charge in [-0.15, -0.1) is 0 Å². The lowest BCUT2D eigenvalue weighted by Gasteiger charge is -2.06. The molecule has 0 amide bonds. The number of rotatable bonds is 6. The molecule has 112 valence electrons. The summed E-state index contributed by atoms with van der Waals surface area (Å²) in [6.45, 7) is -0.00977. The number of carbonyl (C=O) groups is 1. The van der Waals surface area contributed by atoms with Gasteiger partial charge in [0, 0.05) is 24.4 Å². The van der Waals surface area contributed by atoms with E-state index in [-0.39, 0.29) is 12.3 Å². The molecule has 1 aromatic carbocycles. The molecule has 0 saturated carbocycles. The molecule has 0 spiro atoms. The molecule has 0 radical (unpaired) electrons. The second kappa shape index (κ2) is 6.60. The van der Waals surface area contributed by atoms with Crippen LogP contribution in [0.15, 0.2) is 24.4 Å². The molecule has 1 aromatic heterocycles. The summed E-state index contributed by atoms with van der Waals surface area (Å²) in [5.41, 5.74) is 1.05. The summed E-state index contributed by atoms with van der Waals surface area (Å²) < 4.78 is 6.55. The van der Waals surface area contributed by atoms with E-state index in [0.717, 1.165) is 0 Å². The van der Waals surface area contributed by atoms with Crippen molar-refractivity contribution >= 4 is 17.6 Å². The molecule has 2 aromatic rings. The summed E-state index contributed by atoms with van der Waals surface area (Å²) >= 11 is 6.13. The number of methoxy groups -OCH3 is 1. The Bertz CT molecular complexity index is 654. The first kappa shape index (κ1) is 15.3. The van der Waals surface area contributed by atoms with Crippen molar-refractivity contribution in [3.05, 3.63) is 40.7 Å². The van der Waals surface area contributed by atoms with Crippen molar-refractivity contribution in [2.24, 2.45) is 0 Å². The molecular formula is C14H15ClN2O4. The van der Waals surface area contributed by atoms with Gasteiger partial charge in [-0.05, 0) is 25.0 Å². The minimum absolute atomic E-state index is 0.00977. The number of aromatic nitrogens is 2. The average Bonchev–Trinajstić information content (AvgIpc) is 2.89. The third kappa shape index (κ3) is 3.34. The van der Waals surface area contributed by atoms with Crippen molar-refractivity contribution in [1.29, 1.82) is 0 Å². The van der Waals surface area contributed by atoms with E-state index in [4.69, 9.17) is 21.4 Å². The number of hydrogen-bond donors (Lipinski definition) is 2. The van der Waals surface area contributed by atoms with E-state index < -0.39 is 5.97 Å². The quantitative estimate of drug-likeness (QED) is 0.854. The van der Waals surface area contributed by atoms with Crippen molar-refractivity contribution < 1.29 is 19.7 Å². The van der Waals surface area contributed by atoms with Crippen LogP contribution in [0.25, 0.3) is 5.69 Å². The average molecular weight is 311 g/mol. The highest BCUT2D eigenvalue weighted by molar-refractivity contribution is 6.32. The van der Waals surface area contributed by atoms with Crippen LogP contribution in [0.2, 0.25) is 5.02 Å². The zero-order chi connectivity index (χ0) is 15.4. The molecule has 21 heavy (non-hydrogen) atoms. The highest BCUT2D eigenvalue weighted by Crippen LogP contribution is 2.26. The maximum Gasteiger partial charge on any atom is 0.356 e. The third-order valence-corrected chi connectivity index (χ3v) is 3.32. The fraction of sp³-hybridized carbons (Fsp3) is 0.286. The Kier molecular flexibility index (Phi) is 4.82. The molecule has 2 N–H and O–H groups in total. The molecule has 7 heteroatoms. The summed E-state index contributed by atoms with van der Waals surface area (Å²) in [7, 11) is 1.53. The Balaban J connectivity index is 2.46. The minimum atomic E-state index is -1.11. The van der Waals surface area contributed by atoms with Crippen LogP contribution in [0, 0.1) is 0 Å². The summed E-state index contributed by atoms with van der Waals surface area (Å²) in [6, 6.07) is 5.04. The van der Waals surface area contributed by atoms with Crippen molar-refractivity contribution in [2.75, 3.05) is 13.7 Å². The Morgan fingerprint density at radius 3 is 2.86 bits per heavy atom. The number of aryl methyl sites for hydroxylation is 1. The van der Waals surface area contributed by atoms with Crippen molar-refractivity contribution in [3.8, 4) is 11.4 Å². The zero-order valence-corrected chi connectivity index (χ0v) is 12.2. The monoisotopic (exact) mass is 310 g/mol. The molecule has 0 fully saturated rings. The van der Waals surface area contributed by atoms with Crippen molar-refractivity contribution in [2.45, 2.75) is 12.8 Å². The number of hydrogen-bond acceptors (Lipinski definition) is 4. The maximum absolute atomic E-state index is 11.2. The van der Waals surface area contributed by atoms with E-state index in [1.54, 1.807) is 24.4 Å². The maximum atomic E-state index is 11.2. The summed E-state index contributed by atoms with van der Waals surface area (Å²) in [6.07, 6.45) is 2.51. The SMILES string of the molecule is COc1ccc(Cl)c(-n2cc(CCCO)c(C(=O)O)n2)c1. The van der Waals surface area contributed by atoms with E-state index in [2.05, 4.69) is 5.10 Å². The van der Waals surface area contributed by atoms with E-state index in [1.807, 2.05) is 0 Å². The third-order valence-electron chi connectivity index (χ3n) is 3.00. The Labute approximate surface area is 126 Å². The van der Waals surface area contributed by atoms with Gasteiger partial charge in [0.25, 0.3) is 0 Å². The second-order valence-corrected chi connectivity index (χ2v) is 4.80. The van der Waals surface area contributed by atoms with Crippen LogP contribution in [-0.4, -0.2) is 39.7 Å². The van der Waals surface area contributed by atoms with Gasteiger partial charge in [0.05, 0.1) is 17.8 Å². The van der Waals surface area contributed by atoms with Gasteiger partial charge in [-0.1, -0.05) is 11.6 Å². The molecule has 1 heterocycles. The number of halogens is 1. The molecule has 0 unspecified atom stereocenters. The van der Waals surface area contributed by atoms with Crippen LogP contribution in [0.4, 0.5) is 0 Å². The van der Waals surface area contributed by atoms with Gasteiger partial charge in [0.2, 0.25) is 0 Å².